The number of benzene rings is 2. The normalized spacial score (nSPS) is 12.5. The molecule has 3 rings (SSSR count). The Morgan fingerprint density at radius 1 is 1.24 bits per heavy atom. The zero-order valence-corrected chi connectivity index (χ0v) is 13.1. The van der Waals surface area contributed by atoms with Gasteiger partial charge in [0, 0.05) is 10.3 Å². The van der Waals surface area contributed by atoms with Crippen LogP contribution in [0.1, 0.15) is 24.2 Å². The lowest BCUT2D eigenvalue weighted by molar-refractivity contribution is 0.199. The van der Waals surface area contributed by atoms with Crippen LogP contribution in [-0.4, -0.2) is 5.11 Å². The summed E-state index contributed by atoms with van der Waals surface area (Å²) in [7, 11) is 0. The molecule has 0 aliphatic carbocycles. The number of thiophene rings is 1. The molecule has 1 N–H and O–H groups in total. The predicted octanol–water partition coefficient (Wildman–Crippen LogP) is 5.19. The lowest BCUT2D eigenvalue weighted by Gasteiger charge is -2.10. The largest absolute Gasteiger partial charge is 0.487 e. The highest BCUT2D eigenvalue weighted by Gasteiger charge is 2.08. The average Bonchev–Trinajstić information content (AvgIpc) is 2.89. The quantitative estimate of drug-likeness (QED) is 0.717. The molecule has 0 bridgehead atoms. The Morgan fingerprint density at radius 3 is 2.81 bits per heavy atom. The highest BCUT2D eigenvalue weighted by Crippen LogP contribution is 2.30. The molecule has 2 nitrogen and oxygen atoms in total. The molecular weight excluding hydrogens is 304 g/mol. The lowest BCUT2D eigenvalue weighted by Crippen LogP contribution is -1.97. The highest BCUT2D eigenvalue weighted by atomic mass is 35.5. The average molecular weight is 319 g/mol. The molecule has 0 spiro atoms. The standard InChI is InChI=1S/C17H15ClO2S/c1-11(19)12-6-7-16(15(18)8-12)20-9-13-10-21-17-5-3-2-4-14(13)17/h2-8,10-11,19H,9H2,1H3/t11-/m0/s1. The van der Waals surface area contributed by atoms with Gasteiger partial charge in [0.2, 0.25) is 0 Å². The van der Waals surface area contributed by atoms with Crippen LogP contribution < -0.4 is 4.74 Å². The summed E-state index contributed by atoms with van der Waals surface area (Å²) in [6.45, 7) is 2.20. The fourth-order valence-electron chi connectivity index (χ4n) is 2.19. The van der Waals surface area contributed by atoms with Crippen LogP contribution in [0.5, 0.6) is 5.75 Å². The second kappa shape index (κ2) is 6.06. The molecule has 0 radical (unpaired) electrons. The SMILES string of the molecule is C[C@H](O)c1ccc(OCc2csc3ccccc23)c(Cl)c1. The highest BCUT2D eigenvalue weighted by molar-refractivity contribution is 7.17. The topological polar surface area (TPSA) is 29.5 Å². The first-order valence-corrected chi connectivity index (χ1v) is 7.96. The van der Waals surface area contributed by atoms with Crippen molar-refractivity contribution in [3.8, 4) is 5.75 Å². The number of aliphatic hydroxyl groups is 1. The second-order valence-electron chi connectivity index (χ2n) is 4.91. The fraction of sp³-hybridized carbons (Fsp3) is 0.176. The molecule has 1 atom stereocenters. The number of rotatable bonds is 4. The molecule has 0 unspecified atom stereocenters. The van der Waals surface area contributed by atoms with Crippen molar-refractivity contribution in [2.24, 2.45) is 0 Å². The summed E-state index contributed by atoms with van der Waals surface area (Å²) >= 11 is 7.91. The van der Waals surface area contributed by atoms with Crippen LogP contribution >= 0.6 is 22.9 Å². The van der Waals surface area contributed by atoms with E-state index in [-0.39, 0.29) is 0 Å². The molecule has 108 valence electrons. The second-order valence-corrected chi connectivity index (χ2v) is 6.23. The van der Waals surface area contributed by atoms with Gasteiger partial charge >= 0.3 is 0 Å². The molecule has 1 aromatic heterocycles. The van der Waals surface area contributed by atoms with Crippen LogP contribution in [0.3, 0.4) is 0 Å². The Balaban J connectivity index is 1.79. The maximum atomic E-state index is 9.54. The summed E-state index contributed by atoms with van der Waals surface area (Å²) in [5.41, 5.74) is 1.94. The van der Waals surface area contributed by atoms with Gasteiger partial charge in [-0.1, -0.05) is 35.9 Å². The molecule has 0 amide bonds. The van der Waals surface area contributed by atoms with Crippen LogP contribution in [0.15, 0.2) is 47.8 Å². The summed E-state index contributed by atoms with van der Waals surface area (Å²) in [5.74, 6) is 0.636. The third-order valence-electron chi connectivity index (χ3n) is 3.38. The fourth-order valence-corrected chi connectivity index (χ4v) is 3.39. The molecule has 3 aromatic rings. The van der Waals surface area contributed by atoms with Crippen LogP contribution in [-0.2, 0) is 6.61 Å². The predicted molar refractivity (Wildman–Crippen MR) is 88.2 cm³/mol. The van der Waals surface area contributed by atoms with E-state index in [1.54, 1.807) is 30.4 Å². The third-order valence-corrected chi connectivity index (χ3v) is 4.69. The number of fused-ring (bicyclic) bond motifs is 1. The van der Waals surface area contributed by atoms with Gasteiger partial charge in [-0.2, -0.15) is 0 Å². The van der Waals surface area contributed by atoms with Gasteiger partial charge in [-0.05, 0) is 41.5 Å². The summed E-state index contributed by atoms with van der Waals surface area (Å²) in [6, 6.07) is 13.7. The molecule has 0 aliphatic heterocycles. The van der Waals surface area contributed by atoms with E-state index in [0.717, 1.165) is 11.1 Å². The van der Waals surface area contributed by atoms with Crippen LogP contribution in [0.4, 0.5) is 0 Å². The Bertz CT molecular complexity index is 764. The molecule has 21 heavy (non-hydrogen) atoms. The van der Waals surface area contributed by atoms with E-state index in [0.29, 0.717) is 17.4 Å². The number of halogens is 1. The Hall–Kier alpha value is -1.55. The van der Waals surface area contributed by atoms with Crippen molar-refractivity contribution in [2.75, 3.05) is 0 Å². The van der Waals surface area contributed by atoms with Crippen molar-refractivity contribution in [3.63, 3.8) is 0 Å². The third kappa shape index (κ3) is 3.05. The summed E-state index contributed by atoms with van der Waals surface area (Å²) in [4.78, 5) is 0. The van der Waals surface area contributed by atoms with Gasteiger partial charge < -0.3 is 9.84 Å². The van der Waals surface area contributed by atoms with E-state index in [1.165, 1.54) is 10.1 Å². The maximum Gasteiger partial charge on any atom is 0.138 e. The van der Waals surface area contributed by atoms with E-state index < -0.39 is 6.10 Å². The minimum absolute atomic E-state index is 0.484. The summed E-state index contributed by atoms with van der Waals surface area (Å²) in [5, 5.41) is 13.4. The molecule has 0 saturated heterocycles. The van der Waals surface area contributed by atoms with Gasteiger partial charge in [-0.3, -0.25) is 0 Å². The number of hydrogen-bond acceptors (Lipinski definition) is 3. The Morgan fingerprint density at radius 2 is 2.05 bits per heavy atom. The Kier molecular flexibility index (Phi) is 4.15. The number of hydrogen-bond donors (Lipinski definition) is 1. The maximum absolute atomic E-state index is 9.54. The molecule has 0 fully saturated rings. The summed E-state index contributed by atoms with van der Waals surface area (Å²) in [6.07, 6.45) is -0.530. The van der Waals surface area contributed by atoms with Gasteiger partial charge in [0.1, 0.15) is 12.4 Å². The first kappa shape index (κ1) is 14.4. The van der Waals surface area contributed by atoms with Crippen LogP contribution in [0, 0.1) is 0 Å². The number of aliphatic hydroxyl groups excluding tert-OH is 1. The van der Waals surface area contributed by atoms with E-state index in [1.807, 2.05) is 18.2 Å². The molecule has 1 heterocycles. The zero-order chi connectivity index (χ0) is 14.8. The molecule has 0 saturated carbocycles. The van der Waals surface area contributed by atoms with Gasteiger partial charge in [0.25, 0.3) is 0 Å². The van der Waals surface area contributed by atoms with Gasteiger partial charge in [-0.15, -0.1) is 11.3 Å². The smallest absolute Gasteiger partial charge is 0.138 e. The van der Waals surface area contributed by atoms with E-state index in [9.17, 15) is 5.11 Å². The minimum atomic E-state index is -0.530. The van der Waals surface area contributed by atoms with Gasteiger partial charge in [0.15, 0.2) is 0 Å². The Labute approximate surface area is 132 Å². The van der Waals surface area contributed by atoms with E-state index in [4.69, 9.17) is 16.3 Å². The monoisotopic (exact) mass is 318 g/mol. The van der Waals surface area contributed by atoms with Crippen molar-refractivity contribution < 1.29 is 9.84 Å². The van der Waals surface area contributed by atoms with Crippen molar-refractivity contribution in [1.82, 2.24) is 0 Å². The van der Waals surface area contributed by atoms with Gasteiger partial charge in [-0.25, -0.2) is 0 Å². The molecule has 0 aliphatic rings. The van der Waals surface area contributed by atoms with E-state index >= 15 is 0 Å². The van der Waals surface area contributed by atoms with Crippen molar-refractivity contribution in [3.05, 3.63) is 64.0 Å². The molecule has 2 aromatic carbocycles. The lowest BCUT2D eigenvalue weighted by atomic mass is 10.1. The summed E-state index contributed by atoms with van der Waals surface area (Å²) < 4.78 is 7.07. The van der Waals surface area contributed by atoms with Crippen LogP contribution in [0.2, 0.25) is 5.02 Å². The minimum Gasteiger partial charge on any atom is -0.487 e. The van der Waals surface area contributed by atoms with Crippen molar-refractivity contribution in [2.45, 2.75) is 19.6 Å². The molecule has 4 heteroatoms. The first-order chi connectivity index (χ1) is 10.1. The van der Waals surface area contributed by atoms with Crippen molar-refractivity contribution in [1.29, 1.82) is 0 Å². The molecular formula is C17H15ClO2S. The van der Waals surface area contributed by atoms with Gasteiger partial charge in [0.05, 0.1) is 11.1 Å². The van der Waals surface area contributed by atoms with Crippen molar-refractivity contribution >= 4 is 33.0 Å². The number of ether oxygens (including phenoxy) is 1. The van der Waals surface area contributed by atoms with Crippen LogP contribution in [0.25, 0.3) is 10.1 Å². The zero-order valence-electron chi connectivity index (χ0n) is 11.5. The van der Waals surface area contributed by atoms with E-state index in [2.05, 4.69) is 17.5 Å². The first-order valence-electron chi connectivity index (χ1n) is 6.70.